The lowest BCUT2D eigenvalue weighted by atomic mass is 10.1. The van der Waals surface area contributed by atoms with Crippen LogP contribution in [0.1, 0.15) is 38.2 Å². The molecule has 0 bridgehead atoms. The molecule has 1 atom stereocenters. The SMILES string of the molecule is CCOC(=O)CCSc1cnc(NC(=O)C(=NO[C@@H]2CCOC2)c2ccc(S(=O)(=O)C3CC3)cc2)s1. The summed E-state index contributed by atoms with van der Waals surface area (Å²) < 4.78 is 36.1. The van der Waals surface area contributed by atoms with Crippen molar-refractivity contribution < 1.29 is 32.3 Å². The molecule has 0 unspecified atom stereocenters. The number of sulfone groups is 1. The third-order valence-corrected chi connectivity index (χ3v) is 9.76. The van der Waals surface area contributed by atoms with E-state index in [0.29, 0.717) is 55.5 Å². The van der Waals surface area contributed by atoms with Crippen LogP contribution in [0.3, 0.4) is 0 Å². The highest BCUT2D eigenvalue weighted by Crippen LogP contribution is 2.33. The summed E-state index contributed by atoms with van der Waals surface area (Å²) in [6, 6.07) is 6.10. The highest BCUT2D eigenvalue weighted by atomic mass is 32.2. The van der Waals surface area contributed by atoms with Gasteiger partial charge in [0.1, 0.15) is 0 Å². The largest absolute Gasteiger partial charge is 0.466 e. The first-order valence-corrected chi connectivity index (χ1v) is 14.9. The van der Waals surface area contributed by atoms with Crippen molar-refractivity contribution in [1.29, 1.82) is 0 Å². The molecule has 1 amide bonds. The van der Waals surface area contributed by atoms with E-state index in [9.17, 15) is 18.0 Å². The van der Waals surface area contributed by atoms with Gasteiger partial charge in [-0.05, 0) is 31.9 Å². The van der Waals surface area contributed by atoms with Gasteiger partial charge in [-0.25, -0.2) is 13.4 Å². The zero-order valence-corrected chi connectivity index (χ0v) is 22.1. The molecule has 1 aromatic heterocycles. The van der Waals surface area contributed by atoms with Crippen molar-refractivity contribution in [2.75, 3.05) is 30.9 Å². The molecule has 2 aromatic rings. The third kappa shape index (κ3) is 7.05. The number of anilines is 1. The van der Waals surface area contributed by atoms with E-state index in [4.69, 9.17) is 14.3 Å². The van der Waals surface area contributed by atoms with Gasteiger partial charge in [0, 0.05) is 17.7 Å². The van der Waals surface area contributed by atoms with Crippen LogP contribution in [0, 0.1) is 0 Å². The maximum atomic E-state index is 13.1. The molecule has 0 radical (unpaired) electrons. The summed E-state index contributed by atoms with van der Waals surface area (Å²) in [6.45, 7) is 3.05. The Kier molecular flexibility index (Phi) is 8.99. The van der Waals surface area contributed by atoms with Gasteiger partial charge in [0.05, 0.1) is 46.8 Å². The molecule has 2 aliphatic rings. The second-order valence-corrected chi connectivity index (χ2v) is 12.8. The van der Waals surface area contributed by atoms with Crippen molar-refractivity contribution >= 4 is 55.7 Å². The van der Waals surface area contributed by atoms with E-state index in [-0.39, 0.29) is 34.4 Å². The van der Waals surface area contributed by atoms with Crippen molar-refractivity contribution in [3.63, 3.8) is 0 Å². The topological polar surface area (TPSA) is 133 Å². The standard InChI is InChI=1S/C23H27N3O7S3/c1-2-32-19(27)10-12-34-20-13-24-23(35-20)25-22(28)21(26-33-16-9-11-31-14-16)15-3-5-17(6-4-15)36(29,30)18-7-8-18/h3-6,13,16,18H,2,7-12,14H2,1H3,(H,24,25,28)/t16-/m1/s1. The van der Waals surface area contributed by atoms with E-state index in [0.717, 1.165) is 4.21 Å². The van der Waals surface area contributed by atoms with E-state index in [1.807, 2.05) is 0 Å². The number of thioether (sulfide) groups is 1. The lowest BCUT2D eigenvalue weighted by Gasteiger charge is -2.10. The average Bonchev–Trinajstić information content (AvgIpc) is 3.44. The number of oxime groups is 1. The molecule has 2 heterocycles. The predicted molar refractivity (Wildman–Crippen MR) is 136 cm³/mol. The molecule has 13 heteroatoms. The number of thiazole rings is 1. The fourth-order valence-electron chi connectivity index (χ4n) is 3.33. The van der Waals surface area contributed by atoms with Crippen LogP contribution in [-0.2, 0) is 33.7 Å². The third-order valence-electron chi connectivity index (χ3n) is 5.38. The lowest BCUT2D eigenvalue weighted by Crippen LogP contribution is -2.25. The number of aromatic nitrogens is 1. The molecular formula is C23H27N3O7S3. The molecule has 1 aliphatic carbocycles. The number of rotatable bonds is 12. The Morgan fingerprint density at radius 1 is 1.25 bits per heavy atom. The maximum Gasteiger partial charge on any atom is 0.306 e. The Hall–Kier alpha value is -2.48. The van der Waals surface area contributed by atoms with Crippen LogP contribution in [0.5, 0.6) is 0 Å². The molecular weight excluding hydrogens is 526 g/mol. The molecule has 2 fully saturated rings. The first-order chi connectivity index (χ1) is 17.4. The molecule has 10 nitrogen and oxygen atoms in total. The molecule has 36 heavy (non-hydrogen) atoms. The molecule has 1 saturated heterocycles. The maximum absolute atomic E-state index is 13.1. The molecule has 1 saturated carbocycles. The molecule has 0 spiro atoms. The Bertz CT molecular complexity index is 1200. The zero-order chi connectivity index (χ0) is 25.5. The highest BCUT2D eigenvalue weighted by Gasteiger charge is 2.36. The van der Waals surface area contributed by atoms with Crippen LogP contribution in [0.25, 0.3) is 0 Å². The number of hydrogen-bond acceptors (Lipinski definition) is 11. The van der Waals surface area contributed by atoms with Crippen LogP contribution in [0.15, 0.2) is 44.7 Å². The van der Waals surface area contributed by atoms with E-state index in [1.165, 1.54) is 35.2 Å². The van der Waals surface area contributed by atoms with Gasteiger partial charge in [-0.15, -0.1) is 11.8 Å². The number of amides is 1. The highest BCUT2D eigenvalue weighted by molar-refractivity contribution is 8.01. The van der Waals surface area contributed by atoms with Crippen molar-refractivity contribution in [1.82, 2.24) is 4.98 Å². The Balaban J connectivity index is 1.44. The fourth-order valence-corrected chi connectivity index (χ4v) is 6.85. The van der Waals surface area contributed by atoms with Crippen LogP contribution >= 0.6 is 23.1 Å². The minimum atomic E-state index is -3.34. The number of carbonyl (C=O) groups excluding carboxylic acids is 2. The Morgan fingerprint density at radius 2 is 2.03 bits per heavy atom. The summed E-state index contributed by atoms with van der Waals surface area (Å²) in [5.74, 6) is -0.259. The smallest absolute Gasteiger partial charge is 0.306 e. The molecule has 1 aromatic carbocycles. The number of hydrogen-bond donors (Lipinski definition) is 1. The van der Waals surface area contributed by atoms with Crippen molar-refractivity contribution in [2.45, 2.75) is 53.1 Å². The molecule has 1 N–H and O–H groups in total. The lowest BCUT2D eigenvalue weighted by molar-refractivity contribution is -0.142. The number of carbonyl (C=O) groups is 2. The number of nitrogens with one attached hydrogen (secondary N) is 1. The van der Waals surface area contributed by atoms with Gasteiger partial charge in [0.15, 0.2) is 26.8 Å². The van der Waals surface area contributed by atoms with Gasteiger partial charge < -0.3 is 14.3 Å². The van der Waals surface area contributed by atoms with Crippen LogP contribution in [-0.4, -0.2) is 67.9 Å². The van der Waals surface area contributed by atoms with Crippen LogP contribution in [0.4, 0.5) is 5.13 Å². The van der Waals surface area contributed by atoms with E-state index < -0.39 is 15.7 Å². The second kappa shape index (κ2) is 12.2. The summed E-state index contributed by atoms with van der Waals surface area (Å²) in [5, 5.41) is 6.88. The number of benzene rings is 1. The van der Waals surface area contributed by atoms with Gasteiger partial charge in [-0.3, -0.25) is 14.9 Å². The Morgan fingerprint density at radius 3 is 2.69 bits per heavy atom. The van der Waals surface area contributed by atoms with Crippen molar-refractivity contribution in [2.24, 2.45) is 5.16 Å². The quantitative estimate of drug-likeness (QED) is 0.182. The van der Waals surface area contributed by atoms with Gasteiger partial charge in [0.2, 0.25) is 0 Å². The minimum absolute atomic E-state index is 0.00369. The minimum Gasteiger partial charge on any atom is -0.466 e. The van der Waals surface area contributed by atoms with Gasteiger partial charge in [0.25, 0.3) is 5.91 Å². The van der Waals surface area contributed by atoms with E-state index in [1.54, 1.807) is 25.3 Å². The Labute approximate surface area is 217 Å². The number of nitrogens with zero attached hydrogens (tertiary/aromatic N) is 2. The summed E-state index contributed by atoms with van der Waals surface area (Å²) >= 11 is 2.71. The zero-order valence-electron chi connectivity index (χ0n) is 19.7. The summed E-state index contributed by atoms with van der Waals surface area (Å²) in [5.41, 5.74) is 0.422. The normalized spacial score (nSPS) is 18.1. The monoisotopic (exact) mass is 553 g/mol. The predicted octanol–water partition coefficient (Wildman–Crippen LogP) is 3.27. The first kappa shape index (κ1) is 26.6. The van der Waals surface area contributed by atoms with E-state index >= 15 is 0 Å². The summed E-state index contributed by atoms with van der Waals surface area (Å²) in [7, 11) is -3.34. The van der Waals surface area contributed by atoms with Crippen LogP contribution in [0.2, 0.25) is 0 Å². The van der Waals surface area contributed by atoms with Crippen molar-refractivity contribution in [3.8, 4) is 0 Å². The first-order valence-electron chi connectivity index (χ1n) is 11.6. The molecule has 194 valence electrons. The van der Waals surface area contributed by atoms with Gasteiger partial charge in [-0.1, -0.05) is 28.6 Å². The van der Waals surface area contributed by atoms with Crippen LogP contribution < -0.4 is 5.32 Å². The molecule has 1 aliphatic heterocycles. The number of esters is 1. The van der Waals surface area contributed by atoms with Gasteiger partial charge in [-0.2, -0.15) is 0 Å². The fraction of sp³-hybridized carbons (Fsp3) is 0.478. The van der Waals surface area contributed by atoms with Crippen molar-refractivity contribution in [3.05, 3.63) is 36.0 Å². The summed E-state index contributed by atoms with van der Waals surface area (Å²) in [6.07, 6.45) is 3.65. The second-order valence-electron chi connectivity index (χ2n) is 8.14. The summed E-state index contributed by atoms with van der Waals surface area (Å²) in [4.78, 5) is 34.6. The number of ether oxygens (including phenoxy) is 2. The average molecular weight is 554 g/mol. The van der Waals surface area contributed by atoms with E-state index in [2.05, 4.69) is 15.5 Å². The molecule has 4 rings (SSSR count). The van der Waals surface area contributed by atoms with Gasteiger partial charge >= 0.3 is 5.97 Å².